The second kappa shape index (κ2) is 4.96. The maximum Gasteiger partial charge on any atom is 0.422 e. The molecule has 0 radical (unpaired) electrons. The van der Waals surface area contributed by atoms with Crippen LogP contribution in [0.15, 0.2) is 18.5 Å². The van der Waals surface area contributed by atoms with Crippen molar-refractivity contribution in [2.45, 2.75) is 45.8 Å². The number of H-pyrrole nitrogens is 1. The number of pyridine rings is 1. The van der Waals surface area contributed by atoms with Gasteiger partial charge in [0, 0.05) is 6.20 Å². The quantitative estimate of drug-likeness (QED) is 0.756. The van der Waals surface area contributed by atoms with Crippen LogP contribution in [0.3, 0.4) is 0 Å². The van der Waals surface area contributed by atoms with Gasteiger partial charge in [-0.1, -0.05) is 0 Å². The van der Waals surface area contributed by atoms with Crippen molar-refractivity contribution in [3.8, 4) is 5.88 Å². The second-order valence-corrected chi connectivity index (χ2v) is 7.66. The molecule has 0 bridgehead atoms. The minimum Gasteiger partial charge on any atom is -0.471 e. The maximum atomic E-state index is 12.8. The van der Waals surface area contributed by atoms with E-state index >= 15 is 0 Å². The van der Waals surface area contributed by atoms with Crippen molar-refractivity contribution in [3.05, 3.63) is 18.5 Å². The average Bonchev–Trinajstić information content (AvgIpc) is 3.08. The molecule has 1 fully saturated rings. The number of aromatic amines is 1. The molecule has 0 aliphatic carbocycles. The van der Waals surface area contributed by atoms with Gasteiger partial charge in [0.1, 0.15) is 11.1 Å². The third-order valence-electron chi connectivity index (χ3n) is 3.97. The van der Waals surface area contributed by atoms with Gasteiger partial charge in [0.25, 0.3) is 5.91 Å². The summed E-state index contributed by atoms with van der Waals surface area (Å²) in [6.07, 6.45) is 2.51. The Kier molecular flexibility index (Phi) is 3.13. The van der Waals surface area contributed by atoms with Gasteiger partial charge in [-0.3, -0.25) is 14.9 Å². The molecule has 3 aromatic rings. The number of imidazole rings is 1. The van der Waals surface area contributed by atoms with Crippen molar-refractivity contribution in [2.24, 2.45) is 0 Å². The second-order valence-electron chi connectivity index (χ2n) is 7.66. The van der Waals surface area contributed by atoms with Crippen molar-refractivity contribution in [1.29, 1.82) is 0 Å². The molecule has 0 atom stereocenters. The van der Waals surface area contributed by atoms with Gasteiger partial charge in [-0.2, -0.15) is 0 Å². The molecular formula is C17H19N5O4. The number of amides is 2. The normalized spacial score (nSPS) is 17.3. The van der Waals surface area contributed by atoms with Gasteiger partial charge in [-0.25, -0.2) is 19.2 Å². The van der Waals surface area contributed by atoms with Crippen LogP contribution in [0.1, 0.15) is 34.6 Å². The van der Waals surface area contributed by atoms with Crippen LogP contribution in [0.5, 0.6) is 5.88 Å². The summed E-state index contributed by atoms with van der Waals surface area (Å²) in [5.74, 6) is -0.221. The molecule has 1 aliphatic heterocycles. The number of carbonyl (C=O) groups excluding carboxylic acids is 2. The minimum atomic E-state index is -1.25. The molecule has 0 unspecified atom stereocenters. The molecule has 26 heavy (non-hydrogen) atoms. The molecule has 2 amide bonds. The summed E-state index contributed by atoms with van der Waals surface area (Å²) in [7, 11) is 0. The van der Waals surface area contributed by atoms with Crippen LogP contribution in [0.4, 0.5) is 10.5 Å². The fourth-order valence-electron chi connectivity index (χ4n) is 2.88. The van der Waals surface area contributed by atoms with Crippen LogP contribution in [0, 0.1) is 0 Å². The first-order chi connectivity index (χ1) is 12.1. The molecule has 1 aliphatic rings. The van der Waals surface area contributed by atoms with E-state index in [2.05, 4.69) is 15.1 Å². The molecule has 9 heteroatoms. The topological polar surface area (TPSA) is 102 Å². The Morgan fingerprint density at radius 3 is 2.62 bits per heavy atom. The Morgan fingerprint density at radius 2 is 2.00 bits per heavy atom. The van der Waals surface area contributed by atoms with Crippen LogP contribution in [-0.2, 0) is 9.53 Å². The molecule has 0 saturated carbocycles. The zero-order chi connectivity index (χ0) is 18.9. The van der Waals surface area contributed by atoms with Crippen LogP contribution >= 0.6 is 0 Å². The highest BCUT2D eigenvalue weighted by atomic mass is 16.6. The van der Waals surface area contributed by atoms with Crippen molar-refractivity contribution in [3.63, 3.8) is 0 Å². The maximum absolute atomic E-state index is 12.8. The molecule has 3 aromatic heterocycles. The van der Waals surface area contributed by atoms with E-state index in [1.54, 1.807) is 36.8 Å². The number of nitrogens with zero attached hydrogens (tertiary/aromatic N) is 4. The van der Waals surface area contributed by atoms with Gasteiger partial charge in [0.15, 0.2) is 16.9 Å². The van der Waals surface area contributed by atoms with Crippen LogP contribution < -0.4 is 9.64 Å². The number of rotatable bonds is 2. The van der Waals surface area contributed by atoms with Crippen molar-refractivity contribution < 1.29 is 19.1 Å². The molecule has 0 spiro atoms. The zero-order valence-electron chi connectivity index (χ0n) is 15.2. The first-order valence-electron chi connectivity index (χ1n) is 8.19. The van der Waals surface area contributed by atoms with E-state index in [-0.39, 0.29) is 11.6 Å². The molecular weight excluding hydrogens is 338 g/mol. The van der Waals surface area contributed by atoms with Gasteiger partial charge >= 0.3 is 6.09 Å². The lowest BCUT2D eigenvalue weighted by Crippen LogP contribution is -2.36. The van der Waals surface area contributed by atoms with Crippen LogP contribution in [0.25, 0.3) is 16.7 Å². The lowest BCUT2D eigenvalue weighted by atomic mass is 10.1. The monoisotopic (exact) mass is 357 g/mol. The van der Waals surface area contributed by atoms with E-state index < -0.39 is 23.2 Å². The number of imide groups is 1. The van der Waals surface area contributed by atoms with E-state index in [0.29, 0.717) is 16.7 Å². The molecule has 4 heterocycles. The van der Waals surface area contributed by atoms with Crippen molar-refractivity contribution in [2.75, 3.05) is 4.90 Å². The Hall–Kier alpha value is -3.10. The van der Waals surface area contributed by atoms with Gasteiger partial charge < -0.3 is 9.47 Å². The van der Waals surface area contributed by atoms with Crippen LogP contribution in [-0.4, -0.2) is 42.8 Å². The molecule has 9 nitrogen and oxygen atoms in total. The third kappa shape index (κ3) is 2.31. The van der Waals surface area contributed by atoms with E-state index in [9.17, 15) is 9.59 Å². The predicted octanol–water partition coefficient (Wildman–Crippen LogP) is 2.65. The largest absolute Gasteiger partial charge is 0.471 e. The van der Waals surface area contributed by atoms with Crippen molar-refractivity contribution >= 4 is 34.4 Å². The Bertz CT molecular complexity index is 1060. The average molecular weight is 357 g/mol. The summed E-state index contributed by atoms with van der Waals surface area (Å²) in [5.41, 5.74) is 0.180. The molecule has 1 saturated heterocycles. The first-order valence-corrected chi connectivity index (χ1v) is 8.19. The first kappa shape index (κ1) is 16.4. The zero-order valence-corrected chi connectivity index (χ0v) is 15.2. The minimum absolute atomic E-state index is 0.233. The number of cyclic esters (lactones) is 1. The van der Waals surface area contributed by atoms with Gasteiger partial charge in [0.05, 0.1) is 11.7 Å². The molecule has 4 rings (SSSR count). The molecule has 1 N–H and O–H groups in total. The van der Waals surface area contributed by atoms with E-state index in [1.807, 2.05) is 20.8 Å². The number of carbonyl (C=O) groups is 2. The SMILES string of the molecule is CC(C)(C)Oc1[nH]n2c(nc3ccncc32)c1N1C(=O)OC(C)(C)C1=O. The highest BCUT2D eigenvalue weighted by Crippen LogP contribution is 2.40. The van der Waals surface area contributed by atoms with E-state index in [0.717, 1.165) is 4.90 Å². The highest BCUT2D eigenvalue weighted by Gasteiger charge is 2.50. The summed E-state index contributed by atoms with van der Waals surface area (Å²) in [5, 5.41) is 3.08. The van der Waals surface area contributed by atoms with Gasteiger partial charge in [-0.15, -0.1) is 0 Å². The number of nitrogens with one attached hydrogen (secondary N) is 1. The number of hydrogen-bond donors (Lipinski definition) is 1. The Balaban J connectivity index is 2.00. The summed E-state index contributed by atoms with van der Waals surface area (Å²) in [6.45, 7) is 8.71. The van der Waals surface area contributed by atoms with Crippen molar-refractivity contribution in [1.82, 2.24) is 19.6 Å². The lowest BCUT2D eigenvalue weighted by Gasteiger charge is -2.22. The highest BCUT2D eigenvalue weighted by molar-refractivity contribution is 6.22. The summed E-state index contributed by atoms with van der Waals surface area (Å²) in [4.78, 5) is 34.8. The fraction of sp³-hybridized carbons (Fsp3) is 0.412. The number of anilines is 1. The number of aromatic nitrogens is 4. The standard InChI is InChI=1S/C17H19N5O4/c1-16(2,3)25-13-11(21-14(23)17(4,5)26-15(21)24)12-19-9-6-7-18-8-10(9)22(12)20-13/h6-8,20H,1-5H3. The summed E-state index contributed by atoms with van der Waals surface area (Å²) >= 11 is 0. The predicted molar refractivity (Wildman–Crippen MR) is 93.3 cm³/mol. The van der Waals surface area contributed by atoms with Gasteiger partial charge in [-0.05, 0) is 40.7 Å². The lowest BCUT2D eigenvalue weighted by molar-refractivity contribution is -0.127. The van der Waals surface area contributed by atoms with Crippen LogP contribution in [0.2, 0.25) is 0 Å². The van der Waals surface area contributed by atoms with E-state index in [1.165, 1.54) is 0 Å². The third-order valence-corrected chi connectivity index (χ3v) is 3.97. The molecule has 0 aromatic carbocycles. The van der Waals surface area contributed by atoms with E-state index in [4.69, 9.17) is 9.47 Å². The molecule has 136 valence electrons. The smallest absolute Gasteiger partial charge is 0.422 e. The Morgan fingerprint density at radius 1 is 1.27 bits per heavy atom. The Labute approximate surface area is 148 Å². The number of ether oxygens (including phenoxy) is 2. The number of fused-ring (bicyclic) bond motifs is 3. The summed E-state index contributed by atoms with van der Waals surface area (Å²) in [6, 6.07) is 1.75. The number of hydrogen-bond acceptors (Lipinski definition) is 6. The summed E-state index contributed by atoms with van der Waals surface area (Å²) < 4.78 is 12.8. The fourth-order valence-corrected chi connectivity index (χ4v) is 2.88. The van der Waals surface area contributed by atoms with Gasteiger partial charge in [0.2, 0.25) is 5.88 Å².